The van der Waals surface area contributed by atoms with Crippen LogP contribution in [0.3, 0.4) is 0 Å². The van der Waals surface area contributed by atoms with E-state index in [0.717, 1.165) is 36.1 Å². The number of aromatic nitrogens is 2. The highest BCUT2D eigenvalue weighted by atomic mass is 16.8. The Hall–Kier alpha value is -3.27. The molecule has 0 radical (unpaired) electrons. The van der Waals surface area contributed by atoms with Gasteiger partial charge < -0.3 is 14.2 Å². The van der Waals surface area contributed by atoms with E-state index in [9.17, 15) is 10.1 Å². The molecule has 1 aromatic heterocycles. The molecule has 1 unspecified atom stereocenters. The van der Waals surface area contributed by atoms with Crippen LogP contribution in [0.1, 0.15) is 88.9 Å². The fourth-order valence-corrected chi connectivity index (χ4v) is 3.67. The van der Waals surface area contributed by atoms with Gasteiger partial charge in [0, 0.05) is 19.0 Å². The van der Waals surface area contributed by atoms with Crippen molar-refractivity contribution in [3.8, 4) is 6.07 Å². The van der Waals surface area contributed by atoms with Crippen molar-refractivity contribution in [2.45, 2.75) is 92.9 Å². The smallest absolute Gasteiger partial charge is 0.451 e. The summed E-state index contributed by atoms with van der Waals surface area (Å²) >= 11 is 0. The van der Waals surface area contributed by atoms with Crippen LogP contribution in [-0.4, -0.2) is 28.8 Å². The lowest BCUT2D eigenvalue weighted by Gasteiger charge is -2.21. The van der Waals surface area contributed by atoms with Crippen LogP contribution >= 0.6 is 0 Å². The molecule has 1 aromatic carbocycles. The van der Waals surface area contributed by atoms with Crippen molar-refractivity contribution >= 4 is 17.5 Å². The van der Waals surface area contributed by atoms with E-state index in [2.05, 4.69) is 38.9 Å². The highest BCUT2D eigenvalue weighted by Gasteiger charge is 2.25. The highest BCUT2D eigenvalue weighted by molar-refractivity contribution is 5.94. The second-order valence-corrected chi connectivity index (χ2v) is 9.63. The summed E-state index contributed by atoms with van der Waals surface area (Å²) in [6.07, 6.45) is 1.02. The molecule has 7 heteroatoms. The first-order valence-electron chi connectivity index (χ1n) is 12.3. The van der Waals surface area contributed by atoms with E-state index < -0.39 is 12.4 Å². The van der Waals surface area contributed by atoms with Gasteiger partial charge in [-0.2, -0.15) is 10.4 Å². The standard InChI is InChI=1S/C28H39N3O4/c1-9-11-12-17-33-27(32)35-21(5)34-26(25-19(3)20(4)30-31(25)10-2)24(18-29)22-13-15-23(16-14-22)28(6,7)8/h13-16,21H,9-12,17H2,1-8H3/b26-24-. The predicted molar refractivity (Wildman–Crippen MR) is 137 cm³/mol. The molecule has 0 bridgehead atoms. The number of aryl methyl sites for hydroxylation is 2. The number of hydrogen-bond acceptors (Lipinski definition) is 6. The van der Waals surface area contributed by atoms with Crippen molar-refractivity contribution in [1.82, 2.24) is 9.78 Å². The Morgan fingerprint density at radius 3 is 2.31 bits per heavy atom. The Labute approximate surface area is 209 Å². The molecule has 2 aromatic rings. The SMILES string of the molecule is CCCCCOC(=O)OC(C)O/C(=C(/C#N)c1ccc(C(C)(C)C)cc1)c1c(C)c(C)nn1CC. The minimum atomic E-state index is -0.971. The third-order valence-corrected chi connectivity index (χ3v) is 5.83. The number of carbonyl (C=O) groups excluding carboxylic acids is 1. The Morgan fingerprint density at radius 1 is 1.11 bits per heavy atom. The summed E-state index contributed by atoms with van der Waals surface area (Å²) in [6.45, 7) is 16.8. The summed E-state index contributed by atoms with van der Waals surface area (Å²) < 4.78 is 18.4. The molecule has 0 aliphatic heterocycles. The second-order valence-electron chi connectivity index (χ2n) is 9.63. The fourth-order valence-electron chi connectivity index (χ4n) is 3.67. The van der Waals surface area contributed by atoms with Crippen LogP contribution in [0.4, 0.5) is 4.79 Å². The van der Waals surface area contributed by atoms with Crippen LogP contribution in [0.15, 0.2) is 24.3 Å². The van der Waals surface area contributed by atoms with E-state index in [4.69, 9.17) is 14.2 Å². The normalized spacial score (nSPS) is 13.0. The van der Waals surface area contributed by atoms with Crippen LogP contribution in [0, 0.1) is 25.2 Å². The van der Waals surface area contributed by atoms with E-state index >= 15 is 0 Å². The van der Waals surface area contributed by atoms with Gasteiger partial charge in [-0.3, -0.25) is 4.68 Å². The van der Waals surface area contributed by atoms with Crippen molar-refractivity contribution in [1.29, 1.82) is 5.26 Å². The number of benzene rings is 1. The Bertz CT molecular complexity index is 1070. The van der Waals surface area contributed by atoms with Gasteiger partial charge in [0.2, 0.25) is 6.29 Å². The van der Waals surface area contributed by atoms with E-state index in [1.54, 1.807) is 11.6 Å². The third kappa shape index (κ3) is 7.35. The molecule has 1 atom stereocenters. The zero-order chi connectivity index (χ0) is 26.2. The van der Waals surface area contributed by atoms with Gasteiger partial charge in [-0.25, -0.2) is 4.79 Å². The first kappa shape index (κ1) is 28.0. The number of nitrogens with zero attached hydrogens (tertiary/aromatic N) is 3. The number of nitriles is 1. The van der Waals surface area contributed by atoms with Gasteiger partial charge in [-0.05, 0) is 43.7 Å². The van der Waals surface area contributed by atoms with Crippen LogP contribution in [-0.2, 0) is 26.2 Å². The van der Waals surface area contributed by atoms with E-state index in [1.165, 1.54) is 0 Å². The number of carbonyl (C=O) groups is 1. The molecule has 0 spiro atoms. The summed E-state index contributed by atoms with van der Waals surface area (Å²) in [6, 6.07) is 10.2. The number of hydrogen-bond donors (Lipinski definition) is 0. The number of rotatable bonds is 10. The summed E-state index contributed by atoms with van der Waals surface area (Å²) in [4.78, 5) is 12.1. The minimum Gasteiger partial charge on any atom is -0.451 e. The fraction of sp³-hybridized carbons (Fsp3) is 0.536. The molecule has 0 fully saturated rings. The van der Waals surface area contributed by atoms with Gasteiger partial charge >= 0.3 is 6.16 Å². The molecular formula is C28H39N3O4. The van der Waals surface area contributed by atoms with Crippen molar-refractivity contribution in [2.24, 2.45) is 0 Å². The van der Waals surface area contributed by atoms with E-state index in [0.29, 0.717) is 35.7 Å². The maximum absolute atomic E-state index is 12.1. The van der Waals surface area contributed by atoms with Gasteiger partial charge in [0.15, 0.2) is 5.76 Å². The van der Waals surface area contributed by atoms with Crippen molar-refractivity contribution < 1.29 is 19.0 Å². The molecule has 7 nitrogen and oxygen atoms in total. The zero-order valence-electron chi connectivity index (χ0n) is 22.4. The van der Waals surface area contributed by atoms with Crippen molar-refractivity contribution in [3.05, 3.63) is 52.3 Å². The van der Waals surface area contributed by atoms with Gasteiger partial charge in [-0.1, -0.05) is 64.8 Å². The molecule has 0 aliphatic carbocycles. The van der Waals surface area contributed by atoms with Crippen molar-refractivity contribution in [2.75, 3.05) is 6.61 Å². The maximum Gasteiger partial charge on any atom is 0.511 e. The highest BCUT2D eigenvalue weighted by Crippen LogP contribution is 2.33. The Balaban J connectivity index is 2.47. The Morgan fingerprint density at radius 2 is 1.77 bits per heavy atom. The van der Waals surface area contributed by atoms with Crippen LogP contribution < -0.4 is 0 Å². The molecule has 0 saturated carbocycles. The molecule has 190 valence electrons. The molecule has 0 aliphatic rings. The summed E-state index contributed by atoms with van der Waals surface area (Å²) in [5.41, 5.74) is 4.63. The average molecular weight is 482 g/mol. The zero-order valence-corrected chi connectivity index (χ0v) is 22.4. The van der Waals surface area contributed by atoms with E-state index in [1.807, 2.05) is 45.0 Å². The van der Waals surface area contributed by atoms with Gasteiger partial charge in [0.1, 0.15) is 17.3 Å². The average Bonchev–Trinajstić information content (AvgIpc) is 3.09. The number of allylic oxidation sites excluding steroid dienone is 1. The molecular weight excluding hydrogens is 442 g/mol. The van der Waals surface area contributed by atoms with Crippen LogP contribution in [0.5, 0.6) is 0 Å². The molecule has 2 rings (SSSR count). The van der Waals surface area contributed by atoms with Crippen molar-refractivity contribution in [3.63, 3.8) is 0 Å². The third-order valence-electron chi connectivity index (χ3n) is 5.83. The second kappa shape index (κ2) is 12.4. The topological polar surface area (TPSA) is 86.4 Å². The lowest BCUT2D eigenvalue weighted by atomic mass is 9.86. The maximum atomic E-state index is 12.1. The van der Waals surface area contributed by atoms with Crippen LogP contribution in [0.25, 0.3) is 11.3 Å². The molecule has 0 amide bonds. The lowest BCUT2D eigenvalue weighted by Crippen LogP contribution is -2.20. The first-order valence-corrected chi connectivity index (χ1v) is 12.3. The number of unbranched alkanes of at least 4 members (excludes halogenated alkanes) is 2. The number of ether oxygens (including phenoxy) is 3. The first-order chi connectivity index (χ1) is 16.5. The minimum absolute atomic E-state index is 0.0112. The molecule has 0 saturated heterocycles. The molecule has 1 heterocycles. The van der Waals surface area contributed by atoms with Gasteiger partial charge in [0.05, 0.1) is 12.3 Å². The quantitative estimate of drug-likeness (QED) is 0.120. The summed E-state index contributed by atoms with van der Waals surface area (Å²) in [7, 11) is 0. The lowest BCUT2D eigenvalue weighted by molar-refractivity contribution is -0.0673. The van der Waals surface area contributed by atoms with Crippen LogP contribution in [0.2, 0.25) is 0 Å². The largest absolute Gasteiger partial charge is 0.511 e. The monoisotopic (exact) mass is 481 g/mol. The predicted octanol–water partition coefficient (Wildman–Crippen LogP) is 6.92. The van der Waals surface area contributed by atoms with E-state index in [-0.39, 0.29) is 5.41 Å². The Kier molecular flexibility index (Phi) is 9.94. The summed E-state index contributed by atoms with van der Waals surface area (Å²) in [5, 5.41) is 14.8. The molecule has 35 heavy (non-hydrogen) atoms. The summed E-state index contributed by atoms with van der Waals surface area (Å²) in [5.74, 6) is 0.322. The van der Waals surface area contributed by atoms with Gasteiger partial charge in [0.25, 0.3) is 0 Å². The van der Waals surface area contributed by atoms with Gasteiger partial charge in [-0.15, -0.1) is 0 Å². The molecule has 0 N–H and O–H groups in total.